The molecule has 0 atom stereocenters. The van der Waals surface area contributed by atoms with Crippen molar-refractivity contribution >= 4 is 17.5 Å². The molecule has 102 valence electrons. The highest BCUT2D eigenvalue weighted by atomic mass is 16.5. The number of methoxy groups -OCH3 is 2. The Kier molecular flexibility index (Phi) is 5.79. The van der Waals surface area contributed by atoms with E-state index in [1.165, 1.54) is 14.2 Å². The van der Waals surface area contributed by atoms with Crippen LogP contribution in [0.15, 0.2) is 36.4 Å². The highest BCUT2D eigenvalue weighted by Gasteiger charge is 2.32. The van der Waals surface area contributed by atoms with Gasteiger partial charge >= 0.3 is 11.9 Å². The smallest absolute Gasteiger partial charge is 0.324 e. The fourth-order valence-electron chi connectivity index (χ4n) is 1.84. The van der Waals surface area contributed by atoms with Crippen LogP contribution in [0.25, 0.3) is 5.57 Å². The average Bonchev–Trinajstić information content (AvgIpc) is 2.46. The summed E-state index contributed by atoms with van der Waals surface area (Å²) in [5.74, 6) is -2.27. The third-order valence-electron chi connectivity index (χ3n) is 2.72. The van der Waals surface area contributed by atoms with Crippen molar-refractivity contribution < 1.29 is 19.1 Å². The molecule has 1 aromatic carbocycles. The zero-order valence-corrected chi connectivity index (χ0v) is 11.4. The van der Waals surface area contributed by atoms with Crippen molar-refractivity contribution in [3.8, 4) is 0 Å². The lowest BCUT2D eigenvalue weighted by atomic mass is 9.91. The SMILES string of the molecule is CC/C=C(/c1ccccc1)C(C(=O)OC)C(=O)OC. The van der Waals surface area contributed by atoms with E-state index in [9.17, 15) is 9.59 Å². The number of ether oxygens (including phenoxy) is 2. The van der Waals surface area contributed by atoms with Crippen LogP contribution in [0.2, 0.25) is 0 Å². The van der Waals surface area contributed by atoms with Crippen molar-refractivity contribution in [2.75, 3.05) is 14.2 Å². The summed E-state index contributed by atoms with van der Waals surface area (Å²) in [4.78, 5) is 23.7. The molecule has 4 heteroatoms. The normalized spacial score (nSPS) is 11.3. The topological polar surface area (TPSA) is 52.6 Å². The lowest BCUT2D eigenvalue weighted by Gasteiger charge is -2.16. The van der Waals surface area contributed by atoms with Crippen LogP contribution < -0.4 is 0 Å². The summed E-state index contributed by atoms with van der Waals surface area (Å²) in [6.07, 6.45) is 2.54. The average molecular weight is 262 g/mol. The van der Waals surface area contributed by atoms with E-state index in [0.717, 1.165) is 5.56 Å². The van der Waals surface area contributed by atoms with Crippen molar-refractivity contribution in [2.45, 2.75) is 13.3 Å². The van der Waals surface area contributed by atoms with Crippen molar-refractivity contribution in [3.05, 3.63) is 42.0 Å². The standard InChI is InChI=1S/C15H18O4/c1-4-8-12(11-9-6-5-7-10-11)13(14(16)18-2)15(17)19-3/h5-10,13H,4H2,1-3H3/b12-8-. The van der Waals surface area contributed by atoms with Gasteiger partial charge in [-0.15, -0.1) is 0 Å². The molecule has 4 nitrogen and oxygen atoms in total. The Morgan fingerprint density at radius 3 is 2.05 bits per heavy atom. The first-order valence-electron chi connectivity index (χ1n) is 6.06. The van der Waals surface area contributed by atoms with E-state index in [2.05, 4.69) is 0 Å². The van der Waals surface area contributed by atoms with Crippen LogP contribution in [0.4, 0.5) is 0 Å². The molecule has 0 N–H and O–H groups in total. The first-order valence-corrected chi connectivity index (χ1v) is 6.06. The van der Waals surface area contributed by atoms with Crippen LogP contribution in [0.3, 0.4) is 0 Å². The van der Waals surface area contributed by atoms with Gasteiger partial charge in [0.15, 0.2) is 5.92 Å². The van der Waals surface area contributed by atoms with E-state index >= 15 is 0 Å². The Balaban J connectivity index is 3.25. The number of esters is 2. The molecule has 0 aliphatic carbocycles. The molecule has 0 amide bonds. The van der Waals surface area contributed by atoms with Gasteiger partial charge in [0.2, 0.25) is 0 Å². The van der Waals surface area contributed by atoms with Gasteiger partial charge in [0, 0.05) is 0 Å². The van der Waals surface area contributed by atoms with E-state index in [-0.39, 0.29) is 0 Å². The summed E-state index contributed by atoms with van der Waals surface area (Å²) in [6, 6.07) is 9.27. The zero-order chi connectivity index (χ0) is 14.3. The molecule has 0 aliphatic heterocycles. The van der Waals surface area contributed by atoms with E-state index in [4.69, 9.17) is 9.47 Å². The maximum absolute atomic E-state index is 11.8. The number of hydrogen-bond acceptors (Lipinski definition) is 4. The largest absolute Gasteiger partial charge is 0.468 e. The van der Waals surface area contributed by atoms with Crippen molar-refractivity contribution in [1.82, 2.24) is 0 Å². The summed E-state index contributed by atoms with van der Waals surface area (Å²) in [7, 11) is 2.51. The Bertz CT molecular complexity index is 446. The first-order chi connectivity index (χ1) is 9.15. The molecular weight excluding hydrogens is 244 g/mol. The zero-order valence-electron chi connectivity index (χ0n) is 11.4. The van der Waals surface area contributed by atoms with Gasteiger partial charge in [-0.2, -0.15) is 0 Å². The lowest BCUT2D eigenvalue weighted by Crippen LogP contribution is -2.27. The summed E-state index contributed by atoms with van der Waals surface area (Å²) >= 11 is 0. The second kappa shape index (κ2) is 7.36. The van der Waals surface area contributed by atoms with Gasteiger partial charge in [-0.05, 0) is 17.6 Å². The highest BCUT2D eigenvalue weighted by Crippen LogP contribution is 2.26. The summed E-state index contributed by atoms with van der Waals surface area (Å²) < 4.78 is 9.41. The van der Waals surface area contributed by atoms with E-state index in [0.29, 0.717) is 12.0 Å². The van der Waals surface area contributed by atoms with E-state index in [1.807, 2.05) is 43.3 Å². The van der Waals surface area contributed by atoms with Crippen LogP contribution in [-0.4, -0.2) is 26.2 Å². The highest BCUT2D eigenvalue weighted by molar-refractivity contribution is 6.06. The third kappa shape index (κ3) is 3.68. The van der Waals surface area contributed by atoms with E-state index < -0.39 is 17.9 Å². The molecule has 0 unspecified atom stereocenters. The summed E-state index contributed by atoms with van der Waals surface area (Å²) in [5.41, 5.74) is 1.42. The van der Waals surface area contributed by atoms with Gasteiger partial charge in [-0.1, -0.05) is 43.3 Å². The molecule has 0 spiro atoms. The number of benzene rings is 1. The van der Waals surface area contributed by atoms with Gasteiger partial charge in [0.25, 0.3) is 0 Å². The van der Waals surface area contributed by atoms with Crippen molar-refractivity contribution in [3.63, 3.8) is 0 Å². The number of carbonyl (C=O) groups excluding carboxylic acids is 2. The Labute approximate surface area is 113 Å². The number of carbonyl (C=O) groups is 2. The lowest BCUT2D eigenvalue weighted by molar-refractivity contribution is -0.155. The van der Waals surface area contributed by atoms with Crippen molar-refractivity contribution in [2.24, 2.45) is 5.92 Å². The molecule has 0 aromatic heterocycles. The second-order valence-corrected chi connectivity index (χ2v) is 3.91. The van der Waals surface area contributed by atoms with E-state index in [1.54, 1.807) is 0 Å². The Morgan fingerprint density at radius 2 is 1.63 bits per heavy atom. The molecule has 1 rings (SSSR count). The predicted octanol–water partition coefficient (Wildman–Crippen LogP) is 2.44. The number of allylic oxidation sites excluding steroid dienone is 1. The fraction of sp³-hybridized carbons (Fsp3) is 0.333. The molecule has 0 fully saturated rings. The second-order valence-electron chi connectivity index (χ2n) is 3.91. The monoisotopic (exact) mass is 262 g/mol. The Morgan fingerprint density at radius 1 is 1.11 bits per heavy atom. The predicted molar refractivity (Wildman–Crippen MR) is 72.2 cm³/mol. The minimum atomic E-state index is -1.04. The molecule has 0 radical (unpaired) electrons. The van der Waals surface area contributed by atoms with Crippen LogP contribution in [0.1, 0.15) is 18.9 Å². The number of rotatable bonds is 5. The van der Waals surface area contributed by atoms with Gasteiger partial charge < -0.3 is 9.47 Å². The quantitative estimate of drug-likeness (QED) is 0.604. The summed E-state index contributed by atoms with van der Waals surface area (Å²) in [5, 5.41) is 0. The summed E-state index contributed by atoms with van der Waals surface area (Å²) in [6.45, 7) is 1.94. The first kappa shape index (κ1) is 15.0. The molecular formula is C15H18O4. The molecule has 1 aromatic rings. The maximum atomic E-state index is 11.8. The minimum Gasteiger partial charge on any atom is -0.468 e. The molecule has 0 saturated carbocycles. The molecule has 19 heavy (non-hydrogen) atoms. The van der Waals surface area contributed by atoms with Crippen LogP contribution in [0, 0.1) is 5.92 Å². The van der Waals surface area contributed by atoms with Crippen LogP contribution in [-0.2, 0) is 19.1 Å². The Hall–Kier alpha value is -2.10. The molecule has 0 aliphatic rings. The minimum absolute atomic E-state index is 0.613. The fourth-order valence-corrected chi connectivity index (χ4v) is 1.84. The maximum Gasteiger partial charge on any atom is 0.324 e. The van der Waals surface area contributed by atoms with Gasteiger partial charge in [-0.3, -0.25) is 9.59 Å². The molecule has 0 saturated heterocycles. The van der Waals surface area contributed by atoms with Gasteiger partial charge in [0.1, 0.15) is 0 Å². The molecule has 0 heterocycles. The van der Waals surface area contributed by atoms with Gasteiger partial charge in [-0.25, -0.2) is 0 Å². The van der Waals surface area contributed by atoms with Crippen molar-refractivity contribution in [1.29, 1.82) is 0 Å². The van der Waals surface area contributed by atoms with Crippen LogP contribution >= 0.6 is 0 Å². The third-order valence-corrected chi connectivity index (χ3v) is 2.72. The van der Waals surface area contributed by atoms with Crippen LogP contribution in [0.5, 0.6) is 0 Å². The number of hydrogen-bond donors (Lipinski definition) is 0. The van der Waals surface area contributed by atoms with Gasteiger partial charge in [0.05, 0.1) is 14.2 Å². The molecule has 0 bridgehead atoms.